The molecule has 0 spiro atoms. The summed E-state index contributed by atoms with van der Waals surface area (Å²) in [6.07, 6.45) is -0.0463. The van der Waals surface area contributed by atoms with Crippen LogP contribution in [-0.2, 0) is 0 Å². The van der Waals surface area contributed by atoms with E-state index in [1.165, 1.54) is 12.8 Å². The zero-order valence-electron chi connectivity index (χ0n) is 4.23. The molecule has 2 radical (unpaired) electrons. The van der Waals surface area contributed by atoms with Crippen LogP contribution >= 0.6 is 0 Å². The van der Waals surface area contributed by atoms with Gasteiger partial charge in [-0.1, -0.05) is 0 Å². The fourth-order valence-electron chi connectivity index (χ4n) is 0.657. The van der Waals surface area contributed by atoms with Gasteiger partial charge in [-0.3, -0.25) is 0 Å². The van der Waals surface area contributed by atoms with E-state index in [2.05, 4.69) is 0 Å². The third-order valence-corrected chi connectivity index (χ3v) is 1.21. The molecular formula is C5H8O3. The van der Waals surface area contributed by atoms with Gasteiger partial charge in [0.2, 0.25) is 0 Å². The molecule has 46 valence electrons. The first-order chi connectivity index (χ1) is 3.72. The van der Waals surface area contributed by atoms with Crippen LogP contribution in [0, 0.1) is 12.8 Å². The standard InChI is InChI=1S/C5H8O3/c6-3-1-2-4(7)5(3)8/h1-8H. The van der Waals surface area contributed by atoms with Gasteiger partial charge in [-0.25, -0.2) is 0 Å². The minimum atomic E-state index is -1.02. The van der Waals surface area contributed by atoms with Crippen molar-refractivity contribution in [3.8, 4) is 0 Å². The molecule has 0 amide bonds. The third kappa shape index (κ3) is 0.844. The molecule has 3 heteroatoms. The summed E-state index contributed by atoms with van der Waals surface area (Å²) in [6.45, 7) is 0. The molecule has 2 unspecified atom stereocenters. The van der Waals surface area contributed by atoms with Gasteiger partial charge in [-0.2, -0.15) is 0 Å². The first-order valence-electron chi connectivity index (χ1n) is 2.44. The van der Waals surface area contributed by atoms with Crippen LogP contribution < -0.4 is 0 Å². The van der Waals surface area contributed by atoms with Crippen molar-refractivity contribution in [2.24, 2.45) is 0 Å². The van der Waals surface area contributed by atoms with Gasteiger partial charge in [0.1, 0.15) is 6.10 Å². The summed E-state index contributed by atoms with van der Waals surface area (Å²) in [4.78, 5) is 0. The van der Waals surface area contributed by atoms with Gasteiger partial charge in [-0.05, 0) is 12.8 Å². The lowest BCUT2D eigenvalue weighted by Crippen LogP contribution is -2.28. The minimum Gasteiger partial charge on any atom is -0.390 e. The van der Waals surface area contributed by atoms with Crippen molar-refractivity contribution in [2.45, 2.75) is 18.3 Å². The third-order valence-electron chi connectivity index (χ3n) is 1.21. The Morgan fingerprint density at radius 2 is 1.25 bits per heavy atom. The molecule has 0 bridgehead atoms. The Bertz CT molecular complexity index is 73.7. The first kappa shape index (κ1) is 6.01. The van der Waals surface area contributed by atoms with Crippen molar-refractivity contribution in [3.63, 3.8) is 0 Å². The van der Waals surface area contributed by atoms with Crippen LogP contribution in [0.2, 0.25) is 0 Å². The zero-order valence-corrected chi connectivity index (χ0v) is 4.23. The lowest BCUT2D eigenvalue weighted by Gasteiger charge is -2.08. The molecule has 3 nitrogen and oxygen atoms in total. The molecule has 0 aliphatic heterocycles. The molecule has 0 saturated heterocycles. The molecule has 3 N–H and O–H groups in total. The van der Waals surface area contributed by atoms with Crippen LogP contribution in [0.15, 0.2) is 0 Å². The largest absolute Gasteiger partial charge is 0.390 e. The highest BCUT2D eigenvalue weighted by Crippen LogP contribution is 2.16. The SMILES string of the molecule is OC1[CH][CH]C(O)C1O. The Morgan fingerprint density at radius 3 is 1.38 bits per heavy atom. The number of aliphatic hydroxyl groups excluding tert-OH is 3. The highest BCUT2D eigenvalue weighted by molar-refractivity contribution is 5.09. The summed E-state index contributed by atoms with van der Waals surface area (Å²) in [6, 6.07) is 0. The predicted octanol–water partition coefficient (Wildman–Crippen LogP) is -1.51. The van der Waals surface area contributed by atoms with Gasteiger partial charge in [0.05, 0.1) is 12.2 Å². The molecule has 8 heavy (non-hydrogen) atoms. The van der Waals surface area contributed by atoms with E-state index >= 15 is 0 Å². The summed E-state index contributed by atoms with van der Waals surface area (Å²) >= 11 is 0. The van der Waals surface area contributed by atoms with E-state index in [4.69, 9.17) is 15.3 Å². The van der Waals surface area contributed by atoms with Gasteiger partial charge < -0.3 is 15.3 Å². The minimum absolute atomic E-state index is 0.884. The zero-order chi connectivity index (χ0) is 6.15. The van der Waals surface area contributed by atoms with Gasteiger partial charge in [-0.15, -0.1) is 0 Å². The molecule has 1 fully saturated rings. The second-order valence-corrected chi connectivity index (χ2v) is 1.86. The number of aliphatic hydroxyl groups is 3. The second-order valence-electron chi connectivity index (χ2n) is 1.86. The quantitative estimate of drug-likeness (QED) is 0.360. The topological polar surface area (TPSA) is 60.7 Å². The van der Waals surface area contributed by atoms with Gasteiger partial charge >= 0.3 is 0 Å². The lowest BCUT2D eigenvalue weighted by atomic mass is 10.2. The van der Waals surface area contributed by atoms with Crippen LogP contribution in [0.1, 0.15) is 0 Å². The predicted molar refractivity (Wildman–Crippen MR) is 26.6 cm³/mol. The maximum absolute atomic E-state index is 8.70. The summed E-state index contributed by atoms with van der Waals surface area (Å²) in [5.41, 5.74) is 0. The van der Waals surface area contributed by atoms with E-state index in [1.807, 2.05) is 0 Å². The number of hydrogen-bond donors (Lipinski definition) is 3. The van der Waals surface area contributed by atoms with Crippen molar-refractivity contribution in [3.05, 3.63) is 12.8 Å². The monoisotopic (exact) mass is 116 g/mol. The molecule has 0 aromatic carbocycles. The van der Waals surface area contributed by atoms with Crippen LogP contribution in [0.25, 0.3) is 0 Å². The smallest absolute Gasteiger partial charge is 0.106 e. The molecule has 2 atom stereocenters. The van der Waals surface area contributed by atoms with Crippen LogP contribution in [0.3, 0.4) is 0 Å². The Kier molecular flexibility index (Phi) is 1.51. The number of rotatable bonds is 0. The fraction of sp³-hybridized carbons (Fsp3) is 0.600. The maximum Gasteiger partial charge on any atom is 0.106 e. The summed E-state index contributed by atoms with van der Waals surface area (Å²) < 4.78 is 0. The highest BCUT2D eigenvalue weighted by atomic mass is 16.4. The Labute approximate surface area is 47.6 Å². The van der Waals surface area contributed by atoms with E-state index in [9.17, 15) is 0 Å². The lowest BCUT2D eigenvalue weighted by molar-refractivity contribution is -0.00730. The average Bonchev–Trinajstić information content (AvgIpc) is 1.98. The van der Waals surface area contributed by atoms with E-state index in [1.54, 1.807) is 0 Å². The van der Waals surface area contributed by atoms with Gasteiger partial charge in [0.25, 0.3) is 0 Å². The van der Waals surface area contributed by atoms with E-state index in [-0.39, 0.29) is 0 Å². The van der Waals surface area contributed by atoms with Gasteiger partial charge in [0.15, 0.2) is 0 Å². The van der Waals surface area contributed by atoms with E-state index < -0.39 is 18.3 Å². The molecular weight excluding hydrogens is 108 g/mol. The molecule has 0 heterocycles. The van der Waals surface area contributed by atoms with Crippen molar-refractivity contribution in [1.29, 1.82) is 0 Å². The maximum atomic E-state index is 8.70. The summed E-state index contributed by atoms with van der Waals surface area (Å²) in [5, 5.41) is 26.0. The van der Waals surface area contributed by atoms with Crippen molar-refractivity contribution in [1.82, 2.24) is 0 Å². The Balaban J connectivity index is 2.44. The van der Waals surface area contributed by atoms with Crippen molar-refractivity contribution < 1.29 is 15.3 Å². The van der Waals surface area contributed by atoms with Crippen LogP contribution in [-0.4, -0.2) is 33.6 Å². The molecule has 1 aliphatic carbocycles. The normalized spacial score (nSPS) is 47.6. The van der Waals surface area contributed by atoms with Crippen LogP contribution in [0.5, 0.6) is 0 Å². The second kappa shape index (κ2) is 2.01. The summed E-state index contributed by atoms with van der Waals surface area (Å²) in [7, 11) is 0. The van der Waals surface area contributed by atoms with Gasteiger partial charge in [0, 0.05) is 0 Å². The Morgan fingerprint density at radius 1 is 0.875 bits per heavy atom. The summed E-state index contributed by atoms with van der Waals surface area (Å²) in [5.74, 6) is 0. The van der Waals surface area contributed by atoms with E-state index in [0.29, 0.717) is 0 Å². The number of hydrogen-bond acceptors (Lipinski definition) is 3. The highest BCUT2D eigenvalue weighted by Gasteiger charge is 2.31. The molecule has 1 aliphatic rings. The van der Waals surface area contributed by atoms with Crippen molar-refractivity contribution in [2.75, 3.05) is 0 Å². The first-order valence-corrected chi connectivity index (χ1v) is 2.44. The average molecular weight is 116 g/mol. The molecule has 1 rings (SSSR count). The molecule has 0 aromatic heterocycles. The molecule has 1 saturated carbocycles. The van der Waals surface area contributed by atoms with Crippen molar-refractivity contribution >= 4 is 0 Å². The molecule has 0 aromatic rings. The Hall–Kier alpha value is -0.120. The fourth-order valence-corrected chi connectivity index (χ4v) is 0.657. The van der Waals surface area contributed by atoms with E-state index in [0.717, 1.165) is 0 Å². The van der Waals surface area contributed by atoms with Crippen LogP contribution in [0.4, 0.5) is 0 Å².